The van der Waals surface area contributed by atoms with Crippen LogP contribution in [-0.2, 0) is 0 Å². The predicted octanol–water partition coefficient (Wildman–Crippen LogP) is 3.96. The molecule has 1 amide bonds. The van der Waals surface area contributed by atoms with E-state index in [1.807, 2.05) is 36.4 Å². The number of amides is 1. The summed E-state index contributed by atoms with van der Waals surface area (Å²) in [7, 11) is 0. The second kappa shape index (κ2) is 9.05. The highest BCUT2D eigenvalue weighted by Crippen LogP contribution is 2.28. The number of thiophene rings is 1. The lowest BCUT2D eigenvalue weighted by molar-refractivity contribution is 0.0957. The van der Waals surface area contributed by atoms with Gasteiger partial charge in [-0.05, 0) is 49.2 Å². The van der Waals surface area contributed by atoms with Crippen molar-refractivity contribution in [2.75, 3.05) is 13.1 Å². The predicted molar refractivity (Wildman–Crippen MR) is 92.6 cm³/mol. The maximum Gasteiger partial charge on any atom is 0.261 e. The second-order valence-corrected chi connectivity index (χ2v) is 5.94. The summed E-state index contributed by atoms with van der Waals surface area (Å²) in [5, 5.41) is 3.61. The molecule has 1 aromatic carbocycles. The van der Waals surface area contributed by atoms with Crippen LogP contribution >= 0.6 is 35.3 Å². The average molecular weight is 345 g/mol. The average Bonchev–Trinajstić information content (AvgIpc) is 2.94. The van der Waals surface area contributed by atoms with Gasteiger partial charge in [-0.2, -0.15) is 0 Å². The monoisotopic (exact) mass is 344 g/mol. The highest BCUT2D eigenvalue weighted by molar-refractivity contribution is 7.17. The van der Waals surface area contributed by atoms with Gasteiger partial charge in [-0.1, -0.05) is 23.7 Å². The molecule has 2 aromatic rings. The van der Waals surface area contributed by atoms with E-state index >= 15 is 0 Å². The normalized spacial score (nSPS) is 10.0. The number of rotatable bonds is 6. The van der Waals surface area contributed by atoms with Gasteiger partial charge < -0.3 is 11.1 Å². The maximum absolute atomic E-state index is 12.0. The number of carbonyl (C=O) groups is 1. The van der Waals surface area contributed by atoms with Crippen LogP contribution in [0, 0.1) is 0 Å². The highest BCUT2D eigenvalue weighted by atomic mass is 35.5. The standard InChI is InChI=1S/C15H17ClN2OS.ClH/c16-12-5-3-11(4-6-12)13-7-8-14(20-13)15(19)18-10-2-1-9-17;/h3-8H,1-2,9-10,17H2,(H,18,19);1H. The van der Waals surface area contributed by atoms with Gasteiger partial charge in [0.15, 0.2) is 0 Å². The number of halogens is 2. The Bertz CT molecular complexity index is 569. The van der Waals surface area contributed by atoms with Gasteiger partial charge in [-0.3, -0.25) is 4.79 Å². The molecule has 0 fully saturated rings. The zero-order chi connectivity index (χ0) is 14.4. The van der Waals surface area contributed by atoms with Gasteiger partial charge in [0.1, 0.15) is 0 Å². The Morgan fingerprint density at radius 3 is 2.52 bits per heavy atom. The molecule has 6 heteroatoms. The van der Waals surface area contributed by atoms with Gasteiger partial charge in [-0.25, -0.2) is 0 Å². The van der Waals surface area contributed by atoms with Gasteiger partial charge in [0.05, 0.1) is 4.88 Å². The first-order valence-electron chi connectivity index (χ1n) is 6.55. The molecule has 0 aliphatic rings. The van der Waals surface area contributed by atoms with Crippen molar-refractivity contribution >= 4 is 41.3 Å². The Morgan fingerprint density at radius 1 is 1.14 bits per heavy atom. The van der Waals surface area contributed by atoms with Crippen LogP contribution in [-0.4, -0.2) is 19.0 Å². The van der Waals surface area contributed by atoms with E-state index in [0.29, 0.717) is 18.1 Å². The molecule has 0 atom stereocenters. The topological polar surface area (TPSA) is 55.1 Å². The molecule has 0 saturated heterocycles. The zero-order valence-corrected chi connectivity index (χ0v) is 13.9. The second-order valence-electron chi connectivity index (χ2n) is 4.42. The number of unbranched alkanes of at least 4 members (excludes halogenated alkanes) is 1. The van der Waals surface area contributed by atoms with Crippen LogP contribution in [0.3, 0.4) is 0 Å². The first-order chi connectivity index (χ1) is 9.70. The lowest BCUT2D eigenvalue weighted by Crippen LogP contribution is -2.23. The summed E-state index contributed by atoms with van der Waals surface area (Å²) >= 11 is 7.35. The third-order valence-corrected chi connectivity index (χ3v) is 4.26. The van der Waals surface area contributed by atoms with Crippen molar-refractivity contribution in [3.8, 4) is 10.4 Å². The Morgan fingerprint density at radius 2 is 1.86 bits per heavy atom. The van der Waals surface area contributed by atoms with Crippen LogP contribution in [0.1, 0.15) is 22.5 Å². The smallest absolute Gasteiger partial charge is 0.261 e. The number of carbonyl (C=O) groups excluding carboxylic acids is 1. The SMILES string of the molecule is Cl.NCCCCNC(=O)c1ccc(-c2ccc(Cl)cc2)s1. The molecule has 3 nitrogen and oxygen atoms in total. The van der Waals surface area contributed by atoms with Crippen molar-refractivity contribution in [2.24, 2.45) is 5.73 Å². The van der Waals surface area contributed by atoms with Crippen LogP contribution in [0.4, 0.5) is 0 Å². The fraction of sp³-hybridized carbons (Fsp3) is 0.267. The number of hydrogen-bond donors (Lipinski definition) is 2. The van der Waals surface area contributed by atoms with E-state index in [4.69, 9.17) is 17.3 Å². The number of nitrogens with one attached hydrogen (secondary N) is 1. The van der Waals surface area contributed by atoms with Gasteiger partial charge in [0, 0.05) is 16.4 Å². The van der Waals surface area contributed by atoms with Crippen LogP contribution in [0.5, 0.6) is 0 Å². The molecular weight excluding hydrogens is 327 g/mol. The molecule has 0 unspecified atom stereocenters. The van der Waals surface area contributed by atoms with E-state index in [1.54, 1.807) is 0 Å². The van der Waals surface area contributed by atoms with Crippen molar-refractivity contribution in [3.05, 3.63) is 46.3 Å². The Hall–Kier alpha value is -1.07. The Balaban J connectivity index is 0.00000220. The van der Waals surface area contributed by atoms with E-state index < -0.39 is 0 Å². The summed E-state index contributed by atoms with van der Waals surface area (Å²) in [6.45, 7) is 1.33. The van der Waals surface area contributed by atoms with Crippen LogP contribution in [0.2, 0.25) is 5.02 Å². The Kier molecular flexibility index (Phi) is 7.75. The molecule has 0 aliphatic carbocycles. The number of hydrogen-bond acceptors (Lipinski definition) is 3. The van der Waals surface area contributed by atoms with Gasteiger partial charge in [-0.15, -0.1) is 23.7 Å². The van der Waals surface area contributed by atoms with E-state index in [1.165, 1.54) is 11.3 Å². The molecule has 0 aliphatic heterocycles. The quantitative estimate of drug-likeness (QED) is 0.779. The minimum absolute atomic E-state index is 0. The van der Waals surface area contributed by atoms with Gasteiger partial charge in [0.2, 0.25) is 0 Å². The van der Waals surface area contributed by atoms with Crippen molar-refractivity contribution in [2.45, 2.75) is 12.8 Å². The third-order valence-electron chi connectivity index (χ3n) is 2.87. The molecule has 114 valence electrons. The lowest BCUT2D eigenvalue weighted by atomic mass is 10.2. The lowest BCUT2D eigenvalue weighted by Gasteiger charge is -2.02. The third kappa shape index (κ3) is 5.32. The van der Waals surface area contributed by atoms with E-state index in [-0.39, 0.29) is 18.3 Å². The summed E-state index contributed by atoms with van der Waals surface area (Å²) in [4.78, 5) is 13.7. The number of nitrogens with two attached hydrogens (primary N) is 1. The van der Waals surface area contributed by atoms with Crippen LogP contribution < -0.4 is 11.1 Å². The minimum Gasteiger partial charge on any atom is -0.351 e. The summed E-state index contributed by atoms with van der Waals surface area (Å²) in [6, 6.07) is 11.4. The Labute approximate surface area is 139 Å². The molecule has 1 aromatic heterocycles. The van der Waals surface area contributed by atoms with Crippen molar-refractivity contribution in [1.29, 1.82) is 0 Å². The van der Waals surface area contributed by atoms with Crippen LogP contribution in [0.15, 0.2) is 36.4 Å². The number of benzene rings is 1. The zero-order valence-electron chi connectivity index (χ0n) is 11.5. The molecule has 0 bridgehead atoms. The molecule has 0 spiro atoms. The molecular formula is C15H18Cl2N2OS. The molecule has 21 heavy (non-hydrogen) atoms. The molecule has 0 saturated carbocycles. The fourth-order valence-electron chi connectivity index (χ4n) is 1.79. The highest BCUT2D eigenvalue weighted by Gasteiger charge is 2.09. The van der Waals surface area contributed by atoms with E-state index in [0.717, 1.165) is 28.2 Å². The summed E-state index contributed by atoms with van der Waals surface area (Å²) in [5.41, 5.74) is 6.49. The first kappa shape index (κ1) is 18.0. The minimum atomic E-state index is -0.0211. The van der Waals surface area contributed by atoms with E-state index in [2.05, 4.69) is 5.32 Å². The molecule has 3 N–H and O–H groups in total. The summed E-state index contributed by atoms with van der Waals surface area (Å²) in [6.07, 6.45) is 1.85. The summed E-state index contributed by atoms with van der Waals surface area (Å²) in [5.74, 6) is -0.0211. The van der Waals surface area contributed by atoms with Gasteiger partial charge >= 0.3 is 0 Å². The molecule has 0 radical (unpaired) electrons. The largest absolute Gasteiger partial charge is 0.351 e. The first-order valence-corrected chi connectivity index (χ1v) is 7.74. The molecule has 2 rings (SSSR count). The maximum atomic E-state index is 12.0. The van der Waals surface area contributed by atoms with Crippen molar-refractivity contribution in [3.63, 3.8) is 0 Å². The van der Waals surface area contributed by atoms with Crippen molar-refractivity contribution in [1.82, 2.24) is 5.32 Å². The fourth-order valence-corrected chi connectivity index (χ4v) is 2.84. The van der Waals surface area contributed by atoms with Gasteiger partial charge in [0.25, 0.3) is 5.91 Å². The van der Waals surface area contributed by atoms with E-state index in [9.17, 15) is 4.79 Å². The van der Waals surface area contributed by atoms with Crippen LogP contribution in [0.25, 0.3) is 10.4 Å². The molecule has 1 heterocycles. The van der Waals surface area contributed by atoms with Crippen molar-refractivity contribution < 1.29 is 4.79 Å². The summed E-state index contributed by atoms with van der Waals surface area (Å²) < 4.78 is 0.